The Bertz CT molecular complexity index is 287. The van der Waals surface area contributed by atoms with E-state index in [1.165, 1.54) is 64.5 Å². The van der Waals surface area contributed by atoms with Crippen LogP contribution in [0.2, 0.25) is 0 Å². The zero-order valence-corrected chi connectivity index (χ0v) is 13.4. The first-order valence-corrected chi connectivity index (χ1v) is 8.46. The molecule has 1 saturated heterocycles. The van der Waals surface area contributed by atoms with Crippen molar-refractivity contribution in [3.05, 3.63) is 0 Å². The molecule has 0 radical (unpaired) electrons. The highest BCUT2D eigenvalue weighted by atomic mass is 15.2. The summed E-state index contributed by atoms with van der Waals surface area (Å²) in [5.41, 5.74) is 7.08. The smallest absolute Gasteiger partial charge is 0.0332 e. The van der Waals surface area contributed by atoms with Gasteiger partial charge in [0.1, 0.15) is 0 Å². The van der Waals surface area contributed by atoms with E-state index in [2.05, 4.69) is 25.7 Å². The van der Waals surface area contributed by atoms with Gasteiger partial charge in [-0.15, -0.1) is 0 Å². The first kappa shape index (κ1) is 15.3. The van der Waals surface area contributed by atoms with Gasteiger partial charge in [-0.25, -0.2) is 0 Å². The lowest BCUT2D eigenvalue weighted by Gasteiger charge is -2.49. The zero-order valence-electron chi connectivity index (χ0n) is 13.4. The highest BCUT2D eigenvalue weighted by Crippen LogP contribution is 2.40. The van der Waals surface area contributed by atoms with Gasteiger partial charge in [0.25, 0.3) is 0 Å². The Morgan fingerprint density at radius 3 is 2.53 bits per heavy atom. The molecule has 2 atom stereocenters. The molecule has 112 valence electrons. The highest BCUT2D eigenvalue weighted by molar-refractivity contribution is 4.97. The Kier molecular flexibility index (Phi) is 4.94. The van der Waals surface area contributed by atoms with E-state index in [0.29, 0.717) is 11.0 Å². The van der Waals surface area contributed by atoms with Crippen LogP contribution in [0, 0.1) is 11.3 Å². The van der Waals surface area contributed by atoms with Gasteiger partial charge >= 0.3 is 0 Å². The molecule has 0 aromatic rings. The molecule has 0 spiro atoms. The van der Waals surface area contributed by atoms with E-state index in [1.54, 1.807) is 0 Å². The van der Waals surface area contributed by atoms with Crippen molar-refractivity contribution in [2.45, 2.75) is 77.7 Å². The van der Waals surface area contributed by atoms with Crippen molar-refractivity contribution in [1.82, 2.24) is 4.90 Å². The van der Waals surface area contributed by atoms with Crippen molar-refractivity contribution in [3.8, 4) is 0 Å². The predicted octanol–water partition coefficient (Wildman–Crippen LogP) is 3.80. The van der Waals surface area contributed by atoms with Gasteiger partial charge in [0.15, 0.2) is 0 Å². The number of nitrogens with zero attached hydrogens (tertiary/aromatic N) is 1. The molecule has 1 aliphatic carbocycles. The van der Waals surface area contributed by atoms with Gasteiger partial charge in [-0.3, -0.25) is 4.90 Å². The Balaban J connectivity index is 2.08. The molecular weight excluding hydrogens is 232 g/mol. The Morgan fingerprint density at radius 2 is 1.89 bits per heavy atom. The maximum Gasteiger partial charge on any atom is 0.0332 e. The van der Waals surface area contributed by atoms with Gasteiger partial charge in [0.05, 0.1) is 0 Å². The lowest BCUT2D eigenvalue weighted by Crippen LogP contribution is -2.58. The van der Waals surface area contributed by atoms with E-state index in [-0.39, 0.29) is 0 Å². The maximum absolute atomic E-state index is 6.27. The second-order valence-electron chi connectivity index (χ2n) is 7.82. The molecular formula is C17H34N2. The highest BCUT2D eigenvalue weighted by Gasteiger charge is 2.40. The molecule has 2 rings (SSSR count). The van der Waals surface area contributed by atoms with E-state index in [0.717, 1.165) is 12.5 Å². The summed E-state index contributed by atoms with van der Waals surface area (Å²) < 4.78 is 0. The summed E-state index contributed by atoms with van der Waals surface area (Å²) in [5, 5.41) is 0. The molecule has 2 heteroatoms. The lowest BCUT2D eigenvalue weighted by atomic mass is 9.79. The van der Waals surface area contributed by atoms with Gasteiger partial charge in [-0.2, -0.15) is 0 Å². The average Bonchev–Trinajstić information content (AvgIpc) is 2.60. The summed E-state index contributed by atoms with van der Waals surface area (Å²) in [5.74, 6) is 0.950. The van der Waals surface area contributed by atoms with Gasteiger partial charge in [0, 0.05) is 18.6 Å². The molecule has 1 aliphatic heterocycles. The van der Waals surface area contributed by atoms with E-state index in [1.807, 2.05) is 0 Å². The van der Waals surface area contributed by atoms with E-state index >= 15 is 0 Å². The first-order valence-electron chi connectivity index (χ1n) is 8.46. The van der Waals surface area contributed by atoms with Crippen molar-refractivity contribution >= 4 is 0 Å². The van der Waals surface area contributed by atoms with Crippen LogP contribution in [-0.4, -0.2) is 30.1 Å². The number of likely N-dealkylation sites (tertiary alicyclic amines) is 1. The maximum atomic E-state index is 6.27. The molecule has 0 amide bonds. The van der Waals surface area contributed by atoms with Crippen LogP contribution < -0.4 is 5.73 Å². The van der Waals surface area contributed by atoms with Crippen LogP contribution in [0.3, 0.4) is 0 Å². The topological polar surface area (TPSA) is 29.3 Å². The molecule has 1 heterocycles. The molecule has 2 aliphatic rings. The van der Waals surface area contributed by atoms with Crippen molar-refractivity contribution < 1.29 is 0 Å². The Labute approximate surface area is 120 Å². The summed E-state index contributed by atoms with van der Waals surface area (Å²) >= 11 is 0. The van der Waals surface area contributed by atoms with Crippen molar-refractivity contribution in [1.29, 1.82) is 0 Å². The number of nitrogens with two attached hydrogens (primary N) is 1. The quantitative estimate of drug-likeness (QED) is 0.787. The molecule has 1 saturated carbocycles. The number of piperidine rings is 1. The summed E-state index contributed by atoms with van der Waals surface area (Å²) in [4.78, 5) is 2.77. The molecule has 0 aromatic heterocycles. The van der Waals surface area contributed by atoms with Gasteiger partial charge in [0.2, 0.25) is 0 Å². The number of hydrogen-bond acceptors (Lipinski definition) is 2. The molecule has 2 nitrogen and oxygen atoms in total. The predicted molar refractivity (Wildman–Crippen MR) is 83.2 cm³/mol. The fraction of sp³-hybridized carbons (Fsp3) is 1.00. The van der Waals surface area contributed by atoms with Crippen molar-refractivity contribution in [2.75, 3.05) is 19.6 Å². The van der Waals surface area contributed by atoms with E-state index in [4.69, 9.17) is 5.73 Å². The standard InChI is InChI=1S/C17H34N2/c1-4-15-7-5-10-17(13-18,11-8-15)19-12-6-9-16(2,3)14-19/h15H,4-14,18H2,1-3H3. The van der Waals surface area contributed by atoms with Crippen LogP contribution in [0.5, 0.6) is 0 Å². The monoisotopic (exact) mass is 266 g/mol. The third kappa shape index (κ3) is 3.52. The summed E-state index contributed by atoms with van der Waals surface area (Å²) in [6.07, 6.45) is 10.9. The van der Waals surface area contributed by atoms with Crippen LogP contribution in [0.4, 0.5) is 0 Å². The van der Waals surface area contributed by atoms with Crippen LogP contribution in [0.1, 0.15) is 72.1 Å². The fourth-order valence-corrected chi connectivity index (χ4v) is 4.35. The van der Waals surface area contributed by atoms with Gasteiger partial charge in [-0.05, 0) is 50.0 Å². The van der Waals surface area contributed by atoms with Crippen LogP contribution >= 0.6 is 0 Å². The van der Waals surface area contributed by atoms with E-state index < -0.39 is 0 Å². The molecule has 2 fully saturated rings. The second kappa shape index (κ2) is 6.13. The molecule has 0 bridgehead atoms. The lowest BCUT2D eigenvalue weighted by molar-refractivity contribution is 0.00843. The third-order valence-electron chi connectivity index (χ3n) is 5.80. The minimum atomic E-state index is 0.321. The number of hydrogen-bond donors (Lipinski definition) is 1. The van der Waals surface area contributed by atoms with Crippen LogP contribution in [-0.2, 0) is 0 Å². The van der Waals surface area contributed by atoms with Crippen molar-refractivity contribution in [3.63, 3.8) is 0 Å². The molecule has 0 aromatic carbocycles. The van der Waals surface area contributed by atoms with Crippen LogP contribution in [0.15, 0.2) is 0 Å². The van der Waals surface area contributed by atoms with E-state index in [9.17, 15) is 0 Å². The Hall–Kier alpha value is -0.0800. The summed E-state index contributed by atoms with van der Waals surface area (Å²) in [6.45, 7) is 10.6. The molecule has 2 N–H and O–H groups in total. The number of rotatable bonds is 3. The largest absolute Gasteiger partial charge is 0.329 e. The molecule has 2 unspecified atom stereocenters. The minimum Gasteiger partial charge on any atom is -0.329 e. The van der Waals surface area contributed by atoms with Crippen molar-refractivity contribution in [2.24, 2.45) is 17.1 Å². The average molecular weight is 266 g/mol. The van der Waals surface area contributed by atoms with Crippen LogP contribution in [0.25, 0.3) is 0 Å². The van der Waals surface area contributed by atoms with Gasteiger partial charge in [-0.1, -0.05) is 40.0 Å². The minimum absolute atomic E-state index is 0.321. The summed E-state index contributed by atoms with van der Waals surface area (Å²) in [6, 6.07) is 0. The molecule has 19 heavy (non-hydrogen) atoms. The zero-order chi connectivity index (χ0) is 13.9. The second-order valence-corrected chi connectivity index (χ2v) is 7.82. The normalized spacial score (nSPS) is 36.9. The van der Waals surface area contributed by atoms with Gasteiger partial charge < -0.3 is 5.73 Å². The summed E-state index contributed by atoms with van der Waals surface area (Å²) in [7, 11) is 0. The Morgan fingerprint density at radius 1 is 1.11 bits per heavy atom. The SMILES string of the molecule is CCC1CCCC(CN)(N2CCCC(C)(C)C2)CC1. The fourth-order valence-electron chi connectivity index (χ4n) is 4.35. The first-order chi connectivity index (χ1) is 9.01. The third-order valence-corrected chi connectivity index (χ3v) is 5.80.